The van der Waals surface area contributed by atoms with Crippen LogP contribution in [0, 0.1) is 5.82 Å². The van der Waals surface area contributed by atoms with Crippen LogP contribution in [0.2, 0.25) is 0 Å². The van der Waals surface area contributed by atoms with Gasteiger partial charge in [-0.1, -0.05) is 18.3 Å². The van der Waals surface area contributed by atoms with E-state index in [9.17, 15) is 4.39 Å². The Morgan fingerprint density at radius 2 is 2.29 bits per heavy atom. The van der Waals surface area contributed by atoms with E-state index < -0.39 is 0 Å². The maximum absolute atomic E-state index is 13.5. The summed E-state index contributed by atoms with van der Waals surface area (Å²) in [4.78, 5) is 3.71. The van der Waals surface area contributed by atoms with Crippen molar-refractivity contribution in [3.05, 3.63) is 29.3 Å². The molecule has 0 aromatic carbocycles. The minimum Gasteiger partial charge on any atom is -0.310 e. The van der Waals surface area contributed by atoms with Gasteiger partial charge in [0.15, 0.2) is 10.8 Å². The quantitative estimate of drug-likeness (QED) is 0.829. The van der Waals surface area contributed by atoms with Crippen molar-refractivity contribution in [2.24, 2.45) is 0 Å². The Morgan fingerprint density at radius 1 is 1.41 bits per heavy atom. The van der Waals surface area contributed by atoms with Crippen molar-refractivity contribution < 1.29 is 4.39 Å². The summed E-state index contributed by atoms with van der Waals surface area (Å²) in [7, 11) is 0. The molecule has 6 heteroatoms. The molecule has 90 valence electrons. The van der Waals surface area contributed by atoms with Gasteiger partial charge < -0.3 is 5.32 Å². The second-order valence-corrected chi connectivity index (χ2v) is 4.60. The van der Waals surface area contributed by atoms with E-state index in [0.29, 0.717) is 17.1 Å². The number of nitrogens with one attached hydrogen (secondary N) is 1. The van der Waals surface area contributed by atoms with Crippen LogP contribution in [0.4, 0.5) is 4.39 Å². The maximum atomic E-state index is 13.5. The lowest BCUT2D eigenvalue weighted by atomic mass is 10.3. The lowest BCUT2D eigenvalue weighted by molar-refractivity contribution is 0.624. The molecule has 2 aromatic rings. The van der Waals surface area contributed by atoms with E-state index in [-0.39, 0.29) is 5.82 Å². The molecule has 17 heavy (non-hydrogen) atoms. The van der Waals surface area contributed by atoms with Crippen molar-refractivity contribution in [1.82, 2.24) is 20.5 Å². The molecule has 0 saturated heterocycles. The monoisotopic (exact) mass is 252 g/mol. The van der Waals surface area contributed by atoms with Gasteiger partial charge in [0, 0.05) is 12.7 Å². The summed E-state index contributed by atoms with van der Waals surface area (Å²) in [5, 5.41) is 12.7. The van der Waals surface area contributed by atoms with Gasteiger partial charge in [-0.3, -0.25) is 4.98 Å². The zero-order valence-electron chi connectivity index (χ0n) is 9.48. The first-order valence-corrected chi connectivity index (χ1v) is 6.26. The first kappa shape index (κ1) is 12.1. The van der Waals surface area contributed by atoms with Gasteiger partial charge in [-0.2, -0.15) is 0 Å². The van der Waals surface area contributed by atoms with Gasteiger partial charge in [0.1, 0.15) is 5.01 Å². The molecule has 1 N–H and O–H groups in total. The van der Waals surface area contributed by atoms with Crippen LogP contribution in [0.15, 0.2) is 18.5 Å². The largest absolute Gasteiger partial charge is 0.310 e. The minimum absolute atomic E-state index is 0.364. The number of halogens is 1. The van der Waals surface area contributed by atoms with Crippen LogP contribution < -0.4 is 5.32 Å². The second kappa shape index (κ2) is 5.79. The smallest absolute Gasteiger partial charge is 0.151 e. The molecule has 0 spiro atoms. The average molecular weight is 252 g/mol. The lowest BCUT2D eigenvalue weighted by Crippen LogP contribution is -2.13. The third kappa shape index (κ3) is 3.04. The predicted molar refractivity (Wildman–Crippen MR) is 65.1 cm³/mol. The summed E-state index contributed by atoms with van der Waals surface area (Å²) in [6, 6.07) is 1.61. The fourth-order valence-electron chi connectivity index (χ4n) is 1.35. The van der Waals surface area contributed by atoms with E-state index in [1.807, 2.05) is 0 Å². The molecule has 0 amide bonds. The van der Waals surface area contributed by atoms with Gasteiger partial charge in [0.25, 0.3) is 0 Å². The van der Waals surface area contributed by atoms with Crippen molar-refractivity contribution in [1.29, 1.82) is 0 Å². The number of pyridine rings is 1. The van der Waals surface area contributed by atoms with Crippen molar-refractivity contribution in [3.8, 4) is 10.6 Å². The standard InChI is InChI=1S/C11H13FN4S/c1-2-4-13-7-10-15-16-11(17-10)8-3-5-14-6-9(8)12/h3,5-6,13H,2,4,7H2,1H3. The molecule has 2 aromatic heterocycles. The van der Waals surface area contributed by atoms with Gasteiger partial charge in [0.2, 0.25) is 0 Å². The SMILES string of the molecule is CCCNCc1nnc(-c2ccncc2F)s1. The molecular formula is C11H13FN4S. The third-order valence-corrected chi connectivity index (χ3v) is 3.13. The number of aromatic nitrogens is 3. The van der Waals surface area contributed by atoms with Gasteiger partial charge in [-0.15, -0.1) is 10.2 Å². The summed E-state index contributed by atoms with van der Waals surface area (Å²) >= 11 is 1.40. The molecule has 2 rings (SSSR count). The highest BCUT2D eigenvalue weighted by atomic mass is 32.1. The first-order chi connectivity index (χ1) is 8.31. The lowest BCUT2D eigenvalue weighted by Gasteiger charge is -1.97. The Bertz CT molecular complexity index is 486. The van der Waals surface area contributed by atoms with Crippen LogP contribution in [0.1, 0.15) is 18.4 Å². The fraction of sp³-hybridized carbons (Fsp3) is 0.364. The minimum atomic E-state index is -0.364. The molecule has 0 bridgehead atoms. The average Bonchev–Trinajstić information content (AvgIpc) is 2.79. The highest BCUT2D eigenvalue weighted by Gasteiger charge is 2.10. The number of nitrogens with zero attached hydrogens (tertiary/aromatic N) is 3. The van der Waals surface area contributed by atoms with Crippen molar-refractivity contribution in [2.75, 3.05) is 6.54 Å². The van der Waals surface area contributed by atoms with Crippen LogP contribution in [0.25, 0.3) is 10.6 Å². The second-order valence-electron chi connectivity index (χ2n) is 3.53. The Hall–Kier alpha value is -1.40. The number of hydrogen-bond acceptors (Lipinski definition) is 5. The first-order valence-electron chi connectivity index (χ1n) is 5.44. The van der Waals surface area contributed by atoms with Crippen LogP contribution in [0.3, 0.4) is 0 Å². The molecule has 0 radical (unpaired) electrons. The zero-order chi connectivity index (χ0) is 12.1. The summed E-state index contributed by atoms with van der Waals surface area (Å²) in [6.45, 7) is 3.72. The maximum Gasteiger partial charge on any atom is 0.151 e. The van der Waals surface area contributed by atoms with Crippen LogP contribution in [-0.2, 0) is 6.54 Å². The molecule has 0 aliphatic heterocycles. The normalized spacial score (nSPS) is 10.7. The molecule has 4 nitrogen and oxygen atoms in total. The van der Waals surface area contributed by atoms with E-state index in [1.54, 1.807) is 12.3 Å². The van der Waals surface area contributed by atoms with E-state index in [1.165, 1.54) is 17.5 Å². The van der Waals surface area contributed by atoms with Gasteiger partial charge in [0.05, 0.1) is 11.8 Å². The van der Waals surface area contributed by atoms with Gasteiger partial charge in [-0.25, -0.2) is 4.39 Å². The molecule has 0 aliphatic carbocycles. The summed E-state index contributed by atoms with van der Waals surface area (Å²) in [6.07, 6.45) is 3.81. The van der Waals surface area contributed by atoms with Crippen molar-refractivity contribution in [3.63, 3.8) is 0 Å². The van der Waals surface area contributed by atoms with Crippen LogP contribution in [-0.4, -0.2) is 21.7 Å². The van der Waals surface area contributed by atoms with E-state index in [4.69, 9.17) is 0 Å². The van der Waals surface area contributed by atoms with Gasteiger partial charge >= 0.3 is 0 Å². The summed E-state index contributed by atoms with van der Waals surface area (Å²) in [5.74, 6) is -0.364. The molecule has 0 unspecified atom stereocenters. The highest BCUT2D eigenvalue weighted by Crippen LogP contribution is 2.25. The van der Waals surface area contributed by atoms with Gasteiger partial charge in [-0.05, 0) is 19.0 Å². The summed E-state index contributed by atoms with van der Waals surface area (Å²) in [5.41, 5.74) is 0.458. The number of rotatable bonds is 5. The van der Waals surface area contributed by atoms with Crippen molar-refractivity contribution in [2.45, 2.75) is 19.9 Å². The molecule has 0 aliphatic rings. The Labute approximate surface area is 103 Å². The van der Waals surface area contributed by atoms with Crippen LogP contribution >= 0.6 is 11.3 Å². The molecule has 0 fully saturated rings. The molecular weight excluding hydrogens is 239 g/mol. The Balaban J connectivity index is 2.10. The topological polar surface area (TPSA) is 50.7 Å². The molecule has 2 heterocycles. The van der Waals surface area contributed by atoms with E-state index in [2.05, 4.69) is 27.4 Å². The van der Waals surface area contributed by atoms with E-state index >= 15 is 0 Å². The van der Waals surface area contributed by atoms with E-state index in [0.717, 1.165) is 18.0 Å². The predicted octanol–water partition coefficient (Wildman–Crippen LogP) is 2.24. The Morgan fingerprint density at radius 3 is 3.06 bits per heavy atom. The molecule has 0 atom stereocenters. The Kier molecular flexibility index (Phi) is 4.11. The summed E-state index contributed by atoms with van der Waals surface area (Å²) < 4.78 is 13.5. The van der Waals surface area contributed by atoms with Crippen molar-refractivity contribution >= 4 is 11.3 Å². The third-order valence-electron chi connectivity index (χ3n) is 2.17. The van der Waals surface area contributed by atoms with Crippen LogP contribution in [0.5, 0.6) is 0 Å². The highest BCUT2D eigenvalue weighted by molar-refractivity contribution is 7.14. The fourth-order valence-corrected chi connectivity index (χ4v) is 2.19. The number of hydrogen-bond donors (Lipinski definition) is 1. The molecule has 0 saturated carbocycles. The zero-order valence-corrected chi connectivity index (χ0v) is 10.3.